The summed E-state index contributed by atoms with van der Waals surface area (Å²) in [5.41, 5.74) is 0.860. The van der Waals surface area contributed by atoms with Gasteiger partial charge in [-0.15, -0.1) is 24.0 Å². The average Bonchev–Trinajstić information content (AvgIpc) is 2.53. The van der Waals surface area contributed by atoms with E-state index in [0.29, 0.717) is 0 Å². The highest BCUT2D eigenvalue weighted by molar-refractivity contribution is 9.10. The van der Waals surface area contributed by atoms with Crippen molar-refractivity contribution in [3.05, 3.63) is 27.5 Å². The maximum Gasteiger partial charge on any atom is 0.0704 e. The van der Waals surface area contributed by atoms with Crippen LogP contribution in [0.4, 0.5) is 0 Å². The molecule has 2 aromatic rings. The van der Waals surface area contributed by atoms with Gasteiger partial charge in [0.15, 0.2) is 0 Å². The van der Waals surface area contributed by atoms with Crippen LogP contribution in [-0.2, 0) is 6.61 Å². The summed E-state index contributed by atoms with van der Waals surface area (Å²) in [6.45, 7) is 0.0211. The molecule has 1 aromatic heterocycles. The number of rotatable bonds is 1. The molecule has 0 fully saturated rings. The van der Waals surface area contributed by atoms with E-state index in [1.807, 2.05) is 17.5 Å². The Hall–Kier alpha value is -0.0300. The number of hydrogen-bond donors (Lipinski definition) is 2. The molecule has 68 valence electrons. The van der Waals surface area contributed by atoms with E-state index in [-0.39, 0.29) is 6.61 Å². The molecular weight excluding hydrogens is 268 g/mol. The van der Waals surface area contributed by atoms with E-state index < -0.39 is 0 Å². The fraction of sp³-hybridized carbons (Fsp3) is 0.111. The van der Waals surface area contributed by atoms with Crippen LogP contribution in [0.3, 0.4) is 0 Å². The molecule has 0 saturated carbocycles. The van der Waals surface area contributed by atoms with Gasteiger partial charge in [0.1, 0.15) is 0 Å². The van der Waals surface area contributed by atoms with E-state index >= 15 is 0 Å². The molecule has 0 aliphatic carbocycles. The number of benzene rings is 1. The Morgan fingerprint density at radius 3 is 3.00 bits per heavy atom. The van der Waals surface area contributed by atoms with Crippen LogP contribution in [0.25, 0.3) is 10.1 Å². The quantitative estimate of drug-likeness (QED) is 0.764. The number of thiophene rings is 1. The lowest BCUT2D eigenvalue weighted by molar-refractivity contribution is 0.278. The van der Waals surface area contributed by atoms with E-state index in [1.165, 1.54) is 5.39 Å². The van der Waals surface area contributed by atoms with Gasteiger partial charge in [0.25, 0.3) is 0 Å². The molecule has 1 aromatic carbocycles. The Bertz CT molecular complexity index is 450. The van der Waals surface area contributed by atoms with Crippen LogP contribution in [0.15, 0.2) is 26.9 Å². The molecule has 1 nitrogen and oxygen atoms in total. The average molecular weight is 275 g/mol. The zero-order valence-electron chi connectivity index (χ0n) is 6.62. The molecule has 13 heavy (non-hydrogen) atoms. The summed E-state index contributed by atoms with van der Waals surface area (Å²) in [4.78, 5) is 0.877. The molecule has 2 rings (SSSR count). The van der Waals surface area contributed by atoms with Gasteiger partial charge in [-0.1, -0.05) is 15.9 Å². The van der Waals surface area contributed by atoms with Gasteiger partial charge in [-0.25, -0.2) is 0 Å². The third-order valence-corrected chi connectivity index (χ3v) is 4.23. The van der Waals surface area contributed by atoms with Crippen LogP contribution in [0.2, 0.25) is 0 Å². The van der Waals surface area contributed by atoms with Gasteiger partial charge in [-0.05, 0) is 22.9 Å². The number of aliphatic hydroxyl groups is 1. The zero-order valence-corrected chi connectivity index (χ0v) is 9.92. The molecule has 4 heteroatoms. The first-order valence-electron chi connectivity index (χ1n) is 3.72. The van der Waals surface area contributed by atoms with Crippen LogP contribution in [0.5, 0.6) is 0 Å². The predicted octanol–water partition coefficient (Wildman–Crippen LogP) is 3.44. The van der Waals surface area contributed by atoms with Gasteiger partial charge in [0.2, 0.25) is 0 Å². The zero-order chi connectivity index (χ0) is 9.42. The number of fused-ring (bicyclic) bond motifs is 1. The van der Waals surface area contributed by atoms with E-state index in [2.05, 4.69) is 28.6 Å². The Morgan fingerprint density at radius 1 is 1.54 bits per heavy atom. The van der Waals surface area contributed by atoms with Crippen LogP contribution < -0.4 is 0 Å². The van der Waals surface area contributed by atoms with Crippen molar-refractivity contribution in [2.24, 2.45) is 0 Å². The summed E-state index contributed by atoms with van der Waals surface area (Å²) in [5, 5.41) is 12.3. The molecule has 0 aliphatic rings. The smallest absolute Gasteiger partial charge is 0.0704 e. The van der Waals surface area contributed by atoms with Crippen LogP contribution in [0, 0.1) is 0 Å². The molecule has 0 bridgehead atoms. The maximum absolute atomic E-state index is 9.12. The van der Waals surface area contributed by atoms with E-state index in [0.717, 1.165) is 19.6 Å². The van der Waals surface area contributed by atoms with Gasteiger partial charge < -0.3 is 5.11 Å². The molecule has 0 unspecified atom stereocenters. The van der Waals surface area contributed by atoms with Crippen molar-refractivity contribution in [3.63, 3.8) is 0 Å². The molecule has 0 radical (unpaired) electrons. The molecule has 1 N–H and O–H groups in total. The van der Waals surface area contributed by atoms with Crippen molar-refractivity contribution >= 4 is 50.0 Å². The Kier molecular flexibility index (Phi) is 2.65. The molecule has 0 atom stereocenters. The van der Waals surface area contributed by atoms with Crippen molar-refractivity contribution in [2.75, 3.05) is 0 Å². The van der Waals surface area contributed by atoms with E-state index in [4.69, 9.17) is 5.11 Å². The number of aliphatic hydroxyl groups excluding tert-OH is 1. The summed E-state index contributed by atoms with van der Waals surface area (Å²) < 4.78 is 2.06. The second-order valence-electron chi connectivity index (χ2n) is 2.68. The summed E-state index contributed by atoms with van der Waals surface area (Å²) >= 11 is 9.45. The molecule has 0 amide bonds. The first kappa shape index (κ1) is 9.52. The monoisotopic (exact) mass is 274 g/mol. The number of thiol groups is 1. The Balaban J connectivity index is 2.85. The van der Waals surface area contributed by atoms with Crippen LogP contribution in [-0.4, -0.2) is 5.11 Å². The van der Waals surface area contributed by atoms with Crippen molar-refractivity contribution in [3.8, 4) is 0 Å². The minimum atomic E-state index is 0.0211. The Morgan fingerprint density at radius 2 is 2.31 bits per heavy atom. The SMILES string of the molecule is OCc1c(Br)cc2ccsc2c1S. The van der Waals surface area contributed by atoms with E-state index in [9.17, 15) is 0 Å². The lowest BCUT2D eigenvalue weighted by Gasteiger charge is -2.05. The van der Waals surface area contributed by atoms with Crippen molar-refractivity contribution < 1.29 is 5.11 Å². The second-order valence-corrected chi connectivity index (χ2v) is 4.90. The highest BCUT2D eigenvalue weighted by atomic mass is 79.9. The highest BCUT2D eigenvalue weighted by Gasteiger charge is 2.08. The number of halogens is 1. The third-order valence-electron chi connectivity index (χ3n) is 1.93. The van der Waals surface area contributed by atoms with E-state index in [1.54, 1.807) is 11.3 Å². The van der Waals surface area contributed by atoms with Crippen molar-refractivity contribution in [1.82, 2.24) is 0 Å². The van der Waals surface area contributed by atoms with Gasteiger partial charge in [0.05, 0.1) is 6.61 Å². The summed E-state index contributed by atoms with van der Waals surface area (Å²) in [6, 6.07) is 4.06. The maximum atomic E-state index is 9.12. The van der Waals surface area contributed by atoms with Crippen molar-refractivity contribution in [2.45, 2.75) is 11.5 Å². The summed E-state index contributed by atoms with van der Waals surface area (Å²) in [5.74, 6) is 0. The van der Waals surface area contributed by atoms with Gasteiger partial charge in [-0.3, -0.25) is 0 Å². The molecule has 0 aliphatic heterocycles. The topological polar surface area (TPSA) is 20.2 Å². The summed E-state index contributed by atoms with van der Waals surface area (Å²) in [6.07, 6.45) is 0. The predicted molar refractivity (Wildman–Crippen MR) is 62.7 cm³/mol. The summed E-state index contributed by atoms with van der Waals surface area (Å²) in [7, 11) is 0. The molecular formula is C9H7BrOS2. The first-order chi connectivity index (χ1) is 6.24. The lowest BCUT2D eigenvalue weighted by atomic mass is 10.2. The second kappa shape index (κ2) is 3.61. The highest BCUT2D eigenvalue weighted by Crippen LogP contribution is 2.35. The largest absolute Gasteiger partial charge is 0.392 e. The molecule has 0 saturated heterocycles. The fourth-order valence-corrected chi connectivity index (χ4v) is 3.30. The minimum absolute atomic E-state index is 0.0211. The number of hydrogen-bond acceptors (Lipinski definition) is 3. The lowest BCUT2D eigenvalue weighted by Crippen LogP contribution is -1.87. The van der Waals surface area contributed by atoms with Crippen molar-refractivity contribution in [1.29, 1.82) is 0 Å². The standard InChI is InChI=1S/C9H7BrOS2/c10-7-3-5-1-2-13-9(5)8(12)6(7)4-11/h1-3,11-12H,4H2. The third kappa shape index (κ3) is 1.52. The molecule has 0 spiro atoms. The van der Waals surface area contributed by atoms with Gasteiger partial charge >= 0.3 is 0 Å². The van der Waals surface area contributed by atoms with Crippen LogP contribution >= 0.6 is 39.9 Å². The molecule has 1 heterocycles. The van der Waals surface area contributed by atoms with Gasteiger partial charge in [-0.2, -0.15) is 0 Å². The van der Waals surface area contributed by atoms with Gasteiger partial charge in [0, 0.05) is 19.6 Å². The Labute approximate surface area is 93.9 Å². The first-order valence-corrected chi connectivity index (χ1v) is 5.84. The minimum Gasteiger partial charge on any atom is -0.392 e. The fourth-order valence-electron chi connectivity index (χ4n) is 1.25. The normalized spacial score (nSPS) is 11.0. The van der Waals surface area contributed by atoms with Crippen LogP contribution in [0.1, 0.15) is 5.56 Å².